The fourth-order valence-electron chi connectivity index (χ4n) is 5.90. The predicted octanol–water partition coefficient (Wildman–Crippen LogP) is 4.80. The molecule has 2 aliphatic heterocycles. The van der Waals surface area contributed by atoms with Gasteiger partial charge in [0, 0.05) is 50.1 Å². The average molecular weight is 610 g/mol. The zero-order chi connectivity index (χ0) is 30.3. The van der Waals surface area contributed by atoms with Gasteiger partial charge in [-0.15, -0.1) is 0 Å². The molecule has 1 saturated carbocycles. The molecule has 2 aromatic rings. The Morgan fingerprint density at radius 1 is 1.33 bits per heavy atom. The summed E-state index contributed by atoms with van der Waals surface area (Å²) >= 11 is 1.19. The SMILES string of the molecule is Cc1cc2nn1CCCC1CN(c3nc(N(C)CCC(=N)OCCC4(C(F)(F)F)CC4)ccc3C(=O)NS2)[N+](C)(C)C1. The van der Waals surface area contributed by atoms with E-state index in [0.717, 1.165) is 43.2 Å². The Kier molecular flexibility index (Phi) is 8.40. The van der Waals surface area contributed by atoms with Gasteiger partial charge < -0.3 is 9.64 Å². The molecule has 2 fully saturated rings. The van der Waals surface area contributed by atoms with E-state index in [1.807, 2.05) is 29.6 Å². The van der Waals surface area contributed by atoms with E-state index in [1.165, 1.54) is 11.9 Å². The summed E-state index contributed by atoms with van der Waals surface area (Å²) in [5, 5.41) is 15.7. The zero-order valence-corrected chi connectivity index (χ0v) is 25.4. The van der Waals surface area contributed by atoms with E-state index in [2.05, 4.69) is 28.9 Å². The number of hydrogen-bond acceptors (Lipinski definition) is 8. The Balaban J connectivity index is 1.29. The number of carbonyl (C=O) groups excluding carboxylic acids is 1. The number of halogens is 3. The van der Waals surface area contributed by atoms with E-state index in [0.29, 0.717) is 34.3 Å². The minimum absolute atomic E-state index is 0.0487. The Morgan fingerprint density at radius 3 is 2.81 bits per heavy atom. The average Bonchev–Trinajstić information content (AvgIpc) is 3.56. The third-order valence-electron chi connectivity index (χ3n) is 8.71. The van der Waals surface area contributed by atoms with Crippen molar-refractivity contribution >= 4 is 35.4 Å². The van der Waals surface area contributed by atoms with Gasteiger partial charge in [-0.3, -0.25) is 19.6 Å². The smallest absolute Gasteiger partial charge is 0.394 e. The normalized spacial score (nSPS) is 21.3. The Morgan fingerprint density at radius 2 is 2.10 bits per heavy atom. The van der Waals surface area contributed by atoms with E-state index in [4.69, 9.17) is 15.1 Å². The number of aromatic nitrogens is 3. The molecular weight excluding hydrogens is 569 g/mol. The summed E-state index contributed by atoms with van der Waals surface area (Å²) in [6, 6.07) is 5.53. The van der Waals surface area contributed by atoms with Crippen molar-refractivity contribution in [2.24, 2.45) is 11.3 Å². The summed E-state index contributed by atoms with van der Waals surface area (Å²) in [6.07, 6.45) is -1.80. The molecule has 0 spiro atoms. The van der Waals surface area contributed by atoms with Crippen molar-refractivity contribution in [3.63, 3.8) is 0 Å². The van der Waals surface area contributed by atoms with Crippen LogP contribution in [0, 0.1) is 23.7 Å². The molecule has 1 aliphatic carbocycles. The lowest BCUT2D eigenvalue weighted by Crippen LogP contribution is -2.50. The first-order chi connectivity index (χ1) is 19.8. The molecule has 4 bridgehead atoms. The summed E-state index contributed by atoms with van der Waals surface area (Å²) in [5.74, 6) is 1.35. The molecule has 14 heteroatoms. The molecule has 1 saturated heterocycles. The maximum Gasteiger partial charge on any atom is 0.394 e. The third kappa shape index (κ3) is 6.48. The number of quaternary nitrogens is 1. The van der Waals surface area contributed by atoms with Crippen LogP contribution >= 0.6 is 11.9 Å². The van der Waals surface area contributed by atoms with Crippen molar-refractivity contribution in [1.82, 2.24) is 19.5 Å². The number of pyridine rings is 1. The van der Waals surface area contributed by atoms with Gasteiger partial charge >= 0.3 is 6.18 Å². The second kappa shape index (κ2) is 11.6. The number of hydrogen-bond donors (Lipinski definition) is 2. The van der Waals surface area contributed by atoms with Crippen LogP contribution in [0.4, 0.5) is 24.8 Å². The summed E-state index contributed by atoms with van der Waals surface area (Å²) < 4.78 is 50.3. The molecule has 2 N–H and O–H groups in total. The van der Waals surface area contributed by atoms with Crippen molar-refractivity contribution in [2.75, 3.05) is 57.3 Å². The van der Waals surface area contributed by atoms with Crippen LogP contribution in [0.25, 0.3) is 0 Å². The highest BCUT2D eigenvalue weighted by atomic mass is 32.2. The fourth-order valence-corrected chi connectivity index (χ4v) is 6.57. The van der Waals surface area contributed by atoms with E-state index >= 15 is 0 Å². The van der Waals surface area contributed by atoms with Crippen LogP contribution in [0.3, 0.4) is 0 Å². The van der Waals surface area contributed by atoms with Crippen LogP contribution < -0.4 is 14.6 Å². The van der Waals surface area contributed by atoms with Gasteiger partial charge in [0.2, 0.25) is 0 Å². The number of aryl methyl sites for hydroxylation is 2. The molecule has 1 unspecified atom stereocenters. The van der Waals surface area contributed by atoms with Crippen molar-refractivity contribution in [3.8, 4) is 0 Å². The molecule has 4 heterocycles. The number of nitrogens with zero attached hydrogens (tertiary/aromatic N) is 6. The lowest BCUT2D eigenvalue weighted by atomic mass is 10.0. The minimum atomic E-state index is -4.22. The summed E-state index contributed by atoms with van der Waals surface area (Å²) in [6.45, 7) is 4.81. The molecule has 3 aliphatic rings. The standard InChI is InChI=1S/C28H39F3N8O2S/c1-19-16-24-34-37(19)13-5-6-20-17-38(39(3,4)18-20)25-21(26(40)35-42-24)7-8-23(33-25)36(2)14-9-22(32)41-15-12-27(10-11-27)28(29,30)31/h7-8,16,20,32H,5-6,9-15,17-18H2,1-4H3/p+1. The van der Waals surface area contributed by atoms with Gasteiger partial charge in [-0.25, -0.2) is 14.6 Å². The van der Waals surface area contributed by atoms with Crippen LogP contribution in [-0.4, -0.2) is 84.7 Å². The van der Waals surface area contributed by atoms with Crippen molar-refractivity contribution in [1.29, 1.82) is 5.41 Å². The van der Waals surface area contributed by atoms with E-state index < -0.39 is 11.6 Å². The van der Waals surface area contributed by atoms with Crippen LogP contribution in [0.1, 0.15) is 54.6 Å². The molecule has 42 heavy (non-hydrogen) atoms. The van der Waals surface area contributed by atoms with Crippen LogP contribution in [-0.2, 0) is 11.3 Å². The number of amides is 1. The minimum Gasteiger partial charge on any atom is -0.481 e. The molecular formula is C28H40F3N8O2S+. The van der Waals surface area contributed by atoms with Gasteiger partial charge in [0.05, 0.1) is 38.2 Å². The van der Waals surface area contributed by atoms with Gasteiger partial charge in [0.15, 0.2) is 11.7 Å². The van der Waals surface area contributed by atoms with Gasteiger partial charge in [-0.1, -0.05) is 0 Å². The lowest BCUT2D eigenvalue weighted by Gasteiger charge is -2.35. The fraction of sp³-hybridized carbons (Fsp3) is 0.643. The summed E-state index contributed by atoms with van der Waals surface area (Å²) in [7, 11) is 6.09. The first kappa shape index (κ1) is 30.5. The first-order valence-corrected chi connectivity index (χ1v) is 15.2. The number of rotatable bonds is 7. The second-order valence-electron chi connectivity index (χ2n) is 12.3. The second-order valence-corrected chi connectivity index (χ2v) is 13.1. The van der Waals surface area contributed by atoms with E-state index in [9.17, 15) is 18.0 Å². The Bertz CT molecular complexity index is 1330. The van der Waals surface area contributed by atoms with Crippen molar-refractivity contribution in [2.45, 2.75) is 63.2 Å². The van der Waals surface area contributed by atoms with Crippen LogP contribution in [0.15, 0.2) is 23.2 Å². The molecule has 1 amide bonds. The Hall–Kier alpha value is -3.00. The summed E-state index contributed by atoms with van der Waals surface area (Å²) in [5.41, 5.74) is -0.100. The van der Waals surface area contributed by atoms with E-state index in [1.54, 1.807) is 12.1 Å². The third-order valence-corrected chi connectivity index (χ3v) is 9.40. The summed E-state index contributed by atoms with van der Waals surface area (Å²) in [4.78, 5) is 20.3. The van der Waals surface area contributed by atoms with Crippen LogP contribution in [0.2, 0.25) is 0 Å². The quantitative estimate of drug-likeness (QED) is 0.201. The molecule has 0 radical (unpaired) electrons. The molecule has 2 aromatic heterocycles. The highest BCUT2D eigenvalue weighted by Crippen LogP contribution is 2.59. The first-order valence-electron chi connectivity index (χ1n) is 14.4. The number of ether oxygens (including phenoxy) is 1. The molecule has 1 atom stereocenters. The van der Waals surface area contributed by atoms with Gasteiger partial charge in [0.1, 0.15) is 17.4 Å². The maximum atomic E-state index is 13.4. The number of anilines is 2. The highest BCUT2D eigenvalue weighted by molar-refractivity contribution is 7.97. The zero-order valence-electron chi connectivity index (χ0n) is 24.6. The number of nitrogens with one attached hydrogen (secondary N) is 2. The Labute approximate surface area is 248 Å². The molecule has 10 nitrogen and oxygen atoms in total. The lowest BCUT2D eigenvalue weighted by molar-refractivity contribution is -0.888. The van der Waals surface area contributed by atoms with Crippen molar-refractivity contribution in [3.05, 3.63) is 29.5 Å². The topological polar surface area (TPSA) is 99.4 Å². The largest absolute Gasteiger partial charge is 0.481 e. The molecule has 0 aromatic carbocycles. The monoisotopic (exact) mass is 609 g/mol. The number of fused-ring (bicyclic) bond motifs is 6. The molecule has 5 rings (SSSR count). The number of carbonyl (C=O) groups is 1. The number of alkyl halides is 3. The van der Waals surface area contributed by atoms with Gasteiger partial charge in [-0.2, -0.15) is 18.3 Å². The van der Waals surface area contributed by atoms with E-state index in [-0.39, 0.29) is 44.1 Å². The van der Waals surface area contributed by atoms with Gasteiger partial charge in [0.25, 0.3) is 5.91 Å². The maximum absolute atomic E-state index is 13.4. The molecule has 230 valence electrons. The predicted molar refractivity (Wildman–Crippen MR) is 155 cm³/mol. The van der Waals surface area contributed by atoms with Gasteiger partial charge in [-0.05, 0) is 57.2 Å². The van der Waals surface area contributed by atoms with Crippen LogP contribution in [0.5, 0.6) is 0 Å². The highest BCUT2D eigenvalue weighted by Gasteiger charge is 2.62. The van der Waals surface area contributed by atoms with Crippen molar-refractivity contribution < 1.29 is 27.3 Å².